The van der Waals surface area contributed by atoms with E-state index in [-0.39, 0.29) is 0 Å². The van der Waals surface area contributed by atoms with Gasteiger partial charge in [-0.15, -0.1) is 0 Å². The third-order valence-corrected chi connectivity index (χ3v) is 3.93. The molecule has 0 bridgehead atoms. The van der Waals surface area contributed by atoms with Gasteiger partial charge in [0.2, 0.25) is 0 Å². The molecule has 1 aromatic heterocycles. The van der Waals surface area contributed by atoms with Crippen molar-refractivity contribution in [2.24, 2.45) is 5.73 Å². The number of benzene rings is 1. The van der Waals surface area contributed by atoms with Gasteiger partial charge in [-0.3, -0.25) is 4.98 Å². The summed E-state index contributed by atoms with van der Waals surface area (Å²) < 4.78 is 0. The van der Waals surface area contributed by atoms with Crippen molar-refractivity contribution in [3.8, 4) is 0 Å². The van der Waals surface area contributed by atoms with E-state index < -0.39 is 0 Å². The Labute approximate surface area is 129 Å². The van der Waals surface area contributed by atoms with Crippen molar-refractivity contribution < 1.29 is 0 Å². The molecule has 0 atom stereocenters. The van der Waals surface area contributed by atoms with E-state index in [9.17, 15) is 0 Å². The van der Waals surface area contributed by atoms with Gasteiger partial charge < -0.3 is 15.5 Å². The third kappa shape index (κ3) is 3.09. The van der Waals surface area contributed by atoms with Crippen LogP contribution in [0.3, 0.4) is 0 Å². The average Bonchev–Trinajstić information content (AvgIpc) is 2.55. The summed E-state index contributed by atoms with van der Waals surface area (Å²) in [6, 6.07) is 7.98. The van der Waals surface area contributed by atoms with Crippen LogP contribution in [-0.2, 0) is 6.54 Å². The number of hydrogen-bond acceptors (Lipinski definition) is 5. The molecule has 0 amide bonds. The van der Waals surface area contributed by atoms with E-state index in [1.54, 1.807) is 12.4 Å². The lowest BCUT2D eigenvalue weighted by Gasteiger charge is -2.37. The van der Waals surface area contributed by atoms with Crippen molar-refractivity contribution in [2.75, 3.05) is 36.0 Å². The average molecular weight is 304 g/mol. The second-order valence-corrected chi connectivity index (χ2v) is 5.42. The molecule has 1 aliphatic heterocycles. The van der Waals surface area contributed by atoms with Crippen molar-refractivity contribution in [2.45, 2.75) is 6.54 Å². The molecule has 0 radical (unpaired) electrons. The summed E-state index contributed by atoms with van der Waals surface area (Å²) in [5, 5.41) is 0.772. The number of piperazine rings is 1. The Morgan fingerprint density at radius 2 is 1.76 bits per heavy atom. The van der Waals surface area contributed by atoms with E-state index in [1.165, 1.54) is 5.69 Å². The minimum atomic E-state index is 0.414. The first-order chi connectivity index (χ1) is 10.3. The predicted molar refractivity (Wildman–Crippen MR) is 85.8 cm³/mol. The van der Waals surface area contributed by atoms with Crippen LogP contribution in [0.1, 0.15) is 5.69 Å². The molecule has 1 fully saturated rings. The van der Waals surface area contributed by atoms with Crippen molar-refractivity contribution in [1.29, 1.82) is 0 Å². The van der Waals surface area contributed by atoms with Gasteiger partial charge >= 0.3 is 0 Å². The highest BCUT2D eigenvalue weighted by atomic mass is 35.5. The Morgan fingerprint density at radius 1 is 1.05 bits per heavy atom. The highest BCUT2D eigenvalue weighted by Crippen LogP contribution is 2.23. The van der Waals surface area contributed by atoms with Crippen LogP contribution in [0.2, 0.25) is 5.02 Å². The first-order valence-electron chi connectivity index (χ1n) is 7.03. The summed E-state index contributed by atoms with van der Waals surface area (Å²) in [5.41, 5.74) is 7.76. The molecule has 0 unspecified atom stereocenters. The summed E-state index contributed by atoms with van der Waals surface area (Å²) >= 11 is 6.06. The van der Waals surface area contributed by atoms with Crippen molar-refractivity contribution in [1.82, 2.24) is 9.97 Å². The molecule has 1 saturated heterocycles. The number of aromatic nitrogens is 2. The fourth-order valence-corrected chi connectivity index (χ4v) is 2.80. The molecule has 21 heavy (non-hydrogen) atoms. The Hall–Kier alpha value is -1.85. The molecule has 1 aromatic carbocycles. The van der Waals surface area contributed by atoms with Crippen LogP contribution in [0.15, 0.2) is 36.7 Å². The van der Waals surface area contributed by atoms with Gasteiger partial charge in [-0.2, -0.15) is 0 Å². The minimum absolute atomic E-state index is 0.414. The smallest absolute Gasteiger partial charge is 0.151 e. The quantitative estimate of drug-likeness (QED) is 0.939. The molecule has 0 aliphatic carbocycles. The molecule has 0 spiro atoms. The molecule has 110 valence electrons. The Kier molecular flexibility index (Phi) is 4.22. The fraction of sp³-hybridized carbons (Fsp3) is 0.333. The Morgan fingerprint density at radius 3 is 2.48 bits per heavy atom. The van der Waals surface area contributed by atoms with Crippen LogP contribution in [0.25, 0.3) is 0 Å². The molecule has 2 heterocycles. The number of anilines is 2. The minimum Gasteiger partial charge on any atom is -0.368 e. The van der Waals surface area contributed by atoms with Crippen LogP contribution >= 0.6 is 11.6 Å². The number of halogens is 1. The summed E-state index contributed by atoms with van der Waals surface area (Å²) in [6.07, 6.45) is 3.41. The summed E-state index contributed by atoms with van der Waals surface area (Å²) in [5.74, 6) is 0.908. The van der Waals surface area contributed by atoms with Crippen LogP contribution in [-0.4, -0.2) is 36.1 Å². The normalized spacial score (nSPS) is 15.3. The largest absolute Gasteiger partial charge is 0.368 e. The second-order valence-electron chi connectivity index (χ2n) is 4.98. The number of nitrogens with zero attached hydrogens (tertiary/aromatic N) is 4. The van der Waals surface area contributed by atoms with Gasteiger partial charge in [0.15, 0.2) is 5.82 Å². The van der Waals surface area contributed by atoms with E-state index in [4.69, 9.17) is 17.3 Å². The maximum absolute atomic E-state index is 6.06. The SMILES string of the molecule is NCc1nccnc1N1CCN(c2cccc(Cl)c2)CC1. The zero-order chi connectivity index (χ0) is 14.7. The van der Waals surface area contributed by atoms with Gasteiger partial charge in [-0.25, -0.2) is 4.98 Å². The Balaban J connectivity index is 1.70. The van der Waals surface area contributed by atoms with Crippen molar-refractivity contribution >= 4 is 23.1 Å². The molecular weight excluding hydrogens is 286 g/mol. The highest BCUT2D eigenvalue weighted by molar-refractivity contribution is 6.30. The van der Waals surface area contributed by atoms with Gasteiger partial charge in [-0.1, -0.05) is 17.7 Å². The first kappa shape index (κ1) is 14.1. The Bertz CT molecular complexity index is 611. The van der Waals surface area contributed by atoms with Gasteiger partial charge in [0.25, 0.3) is 0 Å². The van der Waals surface area contributed by atoms with Gasteiger partial charge in [0.05, 0.1) is 5.69 Å². The molecule has 2 N–H and O–H groups in total. The van der Waals surface area contributed by atoms with Gasteiger partial charge in [0, 0.05) is 55.8 Å². The summed E-state index contributed by atoms with van der Waals surface area (Å²) in [6.45, 7) is 4.08. The lowest BCUT2D eigenvalue weighted by atomic mass is 10.2. The molecular formula is C15H18ClN5. The lowest BCUT2D eigenvalue weighted by Crippen LogP contribution is -2.47. The molecule has 3 rings (SSSR count). The van der Waals surface area contributed by atoms with Crippen LogP contribution < -0.4 is 15.5 Å². The van der Waals surface area contributed by atoms with Crippen molar-refractivity contribution in [3.05, 3.63) is 47.4 Å². The topological polar surface area (TPSA) is 58.3 Å². The van der Waals surface area contributed by atoms with Gasteiger partial charge in [0.1, 0.15) is 0 Å². The first-order valence-corrected chi connectivity index (χ1v) is 7.41. The zero-order valence-corrected chi connectivity index (χ0v) is 12.5. The van der Waals surface area contributed by atoms with E-state index in [0.717, 1.165) is 42.7 Å². The molecule has 5 nitrogen and oxygen atoms in total. The third-order valence-electron chi connectivity index (χ3n) is 3.70. The zero-order valence-electron chi connectivity index (χ0n) is 11.7. The molecule has 6 heteroatoms. The molecule has 2 aromatic rings. The maximum Gasteiger partial charge on any atom is 0.151 e. The van der Waals surface area contributed by atoms with Crippen LogP contribution in [0.4, 0.5) is 11.5 Å². The maximum atomic E-state index is 6.06. The summed E-state index contributed by atoms with van der Waals surface area (Å²) in [7, 11) is 0. The number of nitrogens with two attached hydrogens (primary N) is 1. The van der Waals surface area contributed by atoms with E-state index >= 15 is 0 Å². The van der Waals surface area contributed by atoms with E-state index in [0.29, 0.717) is 6.54 Å². The number of hydrogen-bond donors (Lipinski definition) is 1. The monoisotopic (exact) mass is 303 g/mol. The van der Waals surface area contributed by atoms with Crippen LogP contribution in [0.5, 0.6) is 0 Å². The molecule has 0 saturated carbocycles. The van der Waals surface area contributed by atoms with E-state index in [2.05, 4.69) is 25.8 Å². The second kappa shape index (κ2) is 6.28. The predicted octanol–water partition coefficient (Wildman–Crippen LogP) is 1.92. The summed E-state index contributed by atoms with van der Waals surface area (Å²) in [4.78, 5) is 13.3. The van der Waals surface area contributed by atoms with Crippen molar-refractivity contribution in [3.63, 3.8) is 0 Å². The number of rotatable bonds is 3. The standard InChI is InChI=1S/C15H18ClN5/c16-12-2-1-3-13(10-12)20-6-8-21(9-7-20)15-14(11-17)18-4-5-19-15/h1-5,10H,6-9,11,17H2. The van der Waals surface area contributed by atoms with Gasteiger partial charge in [-0.05, 0) is 18.2 Å². The van der Waals surface area contributed by atoms with E-state index in [1.807, 2.05) is 18.2 Å². The lowest BCUT2D eigenvalue weighted by molar-refractivity contribution is 0.642. The fourth-order valence-electron chi connectivity index (χ4n) is 2.62. The molecule has 1 aliphatic rings. The highest BCUT2D eigenvalue weighted by Gasteiger charge is 2.20. The van der Waals surface area contributed by atoms with Crippen LogP contribution in [0, 0.1) is 0 Å².